The minimum Gasteiger partial charge on any atom is -0.373 e. The Morgan fingerprint density at radius 3 is 2.54 bits per heavy atom. The van der Waals surface area contributed by atoms with E-state index in [0.29, 0.717) is 44.0 Å². The molecule has 0 radical (unpaired) electrons. The maximum absolute atomic E-state index is 13.2. The standard InChI is InChI=1S/C22H27NO4S/c1-17-7-9-19(10-8-17)28(24,25)23-12-14-27-22(16-23)11-13-26-21(15-22)20-6-4-3-5-18(20)2/h3-10,21H,11-16H2,1-2H3/t21-,22+/m1/s1. The van der Waals surface area contributed by atoms with Gasteiger partial charge < -0.3 is 9.47 Å². The summed E-state index contributed by atoms with van der Waals surface area (Å²) in [6, 6.07) is 15.3. The van der Waals surface area contributed by atoms with Crippen LogP contribution in [-0.4, -0.2) is 44.6 Å². The van der Waals surface area contributed by atoms with Crippen molar-refractivity contribution in [3.05, 3.63) is 65.2 Å². The summed E-state index contributed by atoms with van der Waals surface area (Å²) >= 11 is 0. The second-order valence-electron chi connectivity index (χ2n) is 7.85. The zero-order valence-electron chi connectivity index (χ0n) is 16.4. The lowest BCUT2D eigenvalue weighted by atomic mass is 9.85. The predicted molar refractivity (Wildman–Crippen MR) is 108 cm³/mol. The van der Waals surface area contributed by atoms with Gasteiger partial charge in [-0.2, -0.15) is 4.31 Å². The zero-order valence-corrected chi connectivity index (χ0v) is 17.2. The summed E-state index contributed by atoms with van der Waals surface area (Å²) in [5.41, 5.74) is 2.89. The van der Waals surface area contributed by atoms with Crippen molar-refractivity contribution in [2.24, 2.45) is 0 Å². The molecule has 2 aliphatic heterocycles. The molecule has 0 N–H and O–H groups in total. The number of morpholine rings is 1. The summed E-state index contributed by atoms with van der Waals surface area (Å²) in [7, 11) is -3.53. The molecule has 0 bridgehead atoms. The Morgan fingerprint density at radius 2 is 1.79 bits per heavy atom. The van der Waals surface area contributed by atoms with Crippen molar-refractivity contribution in [3.8, 4) is 0 Å². The fourth-order valence-electron chi connectivity index (χ4n) is 4.18. The molecule has 2 aromatic carbocycles. The summed E-state index contributed by atoms with van der Waals surface area (Å²) < 4.78 is 40.2. The van der Waals surface area contributed by atoms with Gasteiger partial charge in [-0.05, 0) is 37.1 Å². The van der Waals surface area contributed by atoms with Gasteiger partial charge in [0.2, 0.25) is 10.0 Å². The number of aryl methyl sites for hydroxylation is 2. The van der Waals surface area contributed by atoms with Crippen LogP contribution in [-0.2, 0) is 19.5 Å². The Morgan fingerprint density at radius 1 is 1.04 bits per heavy atom. The number of rotatable bonds is 3. The highest BCUT2D eigenvalue weighted by atomic mass is 32.2. The number of nitrogens with zero attached hydrogens (tertiary/aromatic N) is 1. The van der Waals surface area contributed by atoms with Crippen LogP contribution < -0.4 is 0 Å². The number of ether oxygens (including phenoxy) is 2. The first-order valence-electron chi connectivity index (χ1n) is 9.78. The minimum absolute atomic E-state index is 0.0722. The molecule has 150 valence electrons. The van der Waals surface area contributed by atoms with Gasteiger partial charge in [0.15, 0.2) is 0 Å². The second-order valence-corrected chi connectivity index (χ2v) is 9.79. The maximum Gasteiger partial charge on any atom is 0.243 e. The van der Waals surface area contributed by atoms with E-state index >= 15 is 0 Å². The van der Waals surface area contributed by atoms with Crippen molar-refractivity contribution in [1.82, 2.24) is 4.31 Å². The van der Waals surface area contributed by atoms with Gasteiger partial charge in [0, 0.05) is 25.9 Å². The van der Waals surface area contributed by atoms with E-state index in [1.54, 1.807) is 16.4 Å². The van der Waals surface area contributed by atoms with E-state index in [-0.39, 0.29) is 6.10 Å². The molecule has 28 heavy (non-hydrogen) atoms. The van der Waals surface area contributed by atoms with E-state index in [4.69, 9.17) is 9.47 Å². The molecule has 2 heterocycles. The van der Waals surface area contributed by atoms with Gasteiger partial charge in [-0.1, -0.05) is 42.0 Å². The lowest BCUT2D eigenvalue weighted by Gasteiger charge is -2.46. The fraction of sp³-hybridized carbons (Fsp3) is 0.455. The Labute approximate surface area is 167 Å². The van der Waals surface area contributed by atoms with Crippen LogP contribution in [0.15, 0.2) is 53.4 Å². The highest BCUT2D eigenvalue weighted by Gasteiger charge is 2.45. The molecular formula is C22H27NO4S. The molecule has 2 aromatic rings. The van der Waals surface area contributed by atoms with E-state index in [1.807, 2.05) is 31.2 Å². The molecule has 0 saturated carbocycles. The lowest BCUT2D eigenvalue weighted by Crippen LogP contribution is -2.56. The van der Waals surface area contributed by atoms with Gasteiger partial charge in [0.05, 0.1) is 29.8 Å². The average Bonchev–Trinajstić information content (AvgIpc) is 2.69. The fourth-order valence-corrected chi connectivity index (χ4v) is 5.68. The first-order chi connectivity index (χ1) is 13.4. The number of sulfonamides is 1. The Bertz CT molecular complexity index is 937. The second kappa shape index (κ2) is 7.59. The first-order valence-corrected chi connectivity index (χ1v) is 11.2. The highest BCUT2D eigenvalue weighted by molar-refractivity contribution is 7.89. The first kappa shape index (κ1) is 19.6. The van der Waals surface area contributed by atoms with Crippen molar-refractivity contribution in [2.75, 3.05) is 26.3 Å². The molecule has 6 heteroatoms. The lowest BCUT2D eigenvalue weighted by molar-refractivity contribution is -0.163. The zero-order chi connectivity index (χ0) is 19.8. The summed E-state index contributed by atoms with van der Waals surface area (Å²) in [5, 5.41) is 0. The van der Waals surface area contributed by atoms with E-state index in [2.05, 4.69) is 19.1 Å². The van der Waals surface area contributed by atoms with Gasteiger partial charge >= 0.3 is 0 Å². The average molecular weight is 402 g/mol. The van der Waals surface area contributed by atoms with Crippen molar-refractivity contribution in [3.63, 3.8) is 0 Å². The van der Waals surface area contributed by atoms with Crippen molar-refractivity contribution < 1.29 is 17.9 Å². The quantitative estimate of drug-likeness (QED) is 0.788. The summed E-state index contributed by atoms with van der Waals surface area (Å²) in [4.78, 5) is 0.345. The molecule has 4 rings (SSSR count). The molecule has 2 aliphatic rings. The topological polar surface area (TPSA) is 55.8 Å². The molecule has 5 nitrogen and oxygen atoms in total. The number of benzene rings is 2. The van der Waals surface area contributed by atoms with E-state index in [0.717, 1.165) is 11.1 Å². The van der Waals surface area contributed by atoms with Crippen LogP contribution in [0.4, 0.5) is 0 Å². The maximum atomic E-state index is 13.2. The van der Waals surface area contributed by atoms with E-state index in [1.165, 1.54) is 5.56 Å². The van der Waals surface area contributed by atoms with Crippen LogP contribution in [0.5, 0.6) is 0 Å². The van der Waals surface area contributed by atoms with Crippen LogP contribution in [0.2, 0.25) is 0 Å². The van der Waals surface area contributed by atoms with Crippen LogP contribution in [0.3, 0.4) is 0 Å². The van der Waals surface area contributed by atoms with Crippen molar-refractivity contribution in [1.29, 1.82) is 0 Å². The Hall–Kier alpha value is -1.73. The smallest absolute Gasteiger partial charge is 0.243 e. The summed E-state index contributed by atoms with van der Waals surface area (Å²) in [6.07, 6.45) is 1.30. The minimum atomic E-state index is -3.53. The monoisotopic (exact) mass is 401 g/mol. The summed E-state index contributed by atoms with van der Waals surface area (Å²) in [5.74, 6) is 0. The van der Waals surface area contributed by atoms with E-state index < -0.39 is 15.6 Å². The third-order valence-corrected chi connectivity index (χ3v) is 7.70. The van der Waals surface area contributed by atoms with Crippen LogP contribution in [0, 0.1) is 13.8 Å². The normalized spacial score (nSPS) is 26.4. The third-order valence-electron chi connectivity index (χ3n) is 5.84. The molecule has 2 fully saturated rings. The van der Waals surface area contributed by atoms with Gasteiger partial charge in [-0.3, -0.25) is 0 Å². The SMILES string of the molecule is Cc1ccc(S(=O)(=O)N2CCO[C@]3(CCO[C@@H](c4ccccc4C)C3)C2)cc1. The largest absolute Gasteiger partial charge is 0.373 e. The molecular weight excluding hydrogens is 374 g/mol. The Kier molecular flexibility index (Phi) is 5.31. The third kappa shape index (κ3) is 3.74. The van der Waals surface area contributed by atoms with Crippen molar-refractivity contribution in [2.45, 2.75) is 43.3 Å². The molecule has 0 amide bonds. The number of hydrogen-bond donors (Lipinski definition) is 0. The predicted octanol–water partition coefficient (Wildman–Crippen LogP) is 3.61. The molecule has 2 saturated heterocycles. The van der Waals surface area contributed by atoms with E-state index in [9.17, 15) is 8.42 Å². The highest BCUT2D eigenvalue weighted by Crippen LogP contribution is 2.40. The molecule has 0 aliphatic carbocycles. The van der Waals surface area contributed by atoms with Gasteiger partial charge in [0.1, 0.15) is 0 Å². The van der Waals surface area contributed by atoms with Gasteiger partial charge in [0.25, 0.3) is 0 Å². The van der Waals surface area contributed by atoms with Crippen LogP contribution in [0.25, 0.3) is 0 Å². The molecule has 1 spiro atoms. The molecule has 2 atom stereocenters. The van der Waals surface area contributed by atoms with Gasteiger partial charge in [-0.15, -0.1) is 0 Å². The Balaban J connectivity index is 1.57. The van der Waals surface area contributed by atoms with Crippen LogP contribution in [0.1, 0.15) is 35.6 Å². The molecule has 0 unspecified atom stereocenters. The number of hydrogen-bond acceptors (Lipinski definition) is 4. The molecule has 0 aromatic heterocycles. The summed E-state index contributed by atoms with van der Waals surface area (Å²) in [6.45, 7) is 5.76. The van der Waals surface area contributed by atoms with Crippen molar-refractivity contribution >= 4 is 10.0 Å². The van der Waals surface area contributed by atoms with Crippen LogP contribution >= 0.6 is 0 Å². The van der Waals surface area contributed by atoms with Gasteiger partial charge in [-0.25, -0.2) is 8.42 Å².